The molecule has 0 saturated carbocycles. The molecular weight excluding hydrogens is 486 g/mol. The zero-order chi connectivity index (χ0) is 27.2. The Morgan fingerprint density at radius 1 is 1.03 bits per heavy atom. The lowest BCUT2D eigenvalue weighted by atomic mass is 10.1. The maximum absolute atomic E-state index is 13.9. The molecule has 0 aliphatic heterocycles. The van der Waals surface area contributed by atoms with Gasteiger partial charge in [0.1, 0.15) is 11.8 Å². The standard InChI is InChI=1S/C29H43N3O4S/c1-4-10-26(11-5-2)37(36)21-27(31-28(34)24-14-8-15-25(33)19-24)29(35)32(17-9-16-30)20-23-13-7-12-22(6-3)18-23/h7-8,12-15,18-19,26-27,33H,4-6,9-11,16-17,20-21,30H2,1-3H3,(H,31,34). The van der Waals surface area contributed by atoms with E-state index in [1.807, 2.05) is 12.1 Å². The summed E-state index contributed by atoms with van der Waals surface area (Å²) in [6.45, 7) is 7.45. The highest BCUT2D eigenvalue weighted by Crippen LogP contribution is 2.17. The largest absolute Gasteiger partial charge is 0.508 e. The Labute approximate surface area is 224 Å². The molecule has 2 unspecified atom stereocenters. The summed E-state index contributed by atoms with van der Waals surface area (Å²) in [4.78, 5) is 28.7. The summed E-state index contributed by atoms with van der Waals surface area (Å²) in [5.74, 6) is -0.753. The summed E-state index contributed by atoms with van der Waals surface area (Å²) in [5.41, 5.74) is 8.19. The fraction of sp³-hybridized carbons (Fsp3) is 0.517. The number of aromatic hydroxyl groups is 1. The minimum absolute atomic E-state index is 0.0262. The number of aryl methyl sites for hydroxylation is 1. The zero-order valence-electron chi connectivity index (χ0n) is 22.4. The van der Waals surface area contributed by atoms with Crippen molar-refractivity contribution in [3.63, 3.8) is 0 Å². The highest BCUT2D eigenvalue weighted by atomic mass is 32.2. The minimum atomic E-state index is -1.30. The van der Waals surface area contributed by atoms with Crippen LogP contribution in [-0.4, -0.2) is 56.2 Å². The summed E-state index contributed by atoms with van der Waals surface area (Å²) in [5, 5.41) is 12.6. The van der Waals surface area contributed by atoms with Gasteiger partial charge in [-0.3, -0.25) is 13.8 Å². The number of hydrogen-bond acceptors (Lipinski definition) is 5. The molecule has 0 aromatic heterocycles. The molecule has 2 amide bonds. The van der Waals surface area contributed by atoms with Gasteiger partial charge in [-0.25, -0.2) is 0 Å². The van der Waals surface area contributed by atoms with Crippen molar-refractivity contribution >= 4 is 22.6 Å². The Morgan fingerprint density at radius 3 is 2.32 bits per heavy atom. The lowest BCUT2D eigenvalue weighted by molar-refractivity contribution is -0.133. The summed E-state index contributed by atoms with van der Waals surface area (Å²) in [7, 11) is -1.30. The number of amides is 2. The highest BCUT2D eigenvalue weighted by Gasteiger charge is 2.30. The summed E-state index contributed by atoms with van der Waals surface area (Å²) in [6, 6.07) is 13.1. The minimum Gasteiger partial charge on any atom is -0.508 e. The molecule has 37 heavy (non-hydrogen) atoms. The second-order valence-electron chi connectivity index (χ2n) is 9.40. The maximum atomic E-state index is 13.9. The topological polar surface area (TPSA) is 113 Å². The van der Waals surface area contributed by atoms with Gasteiger partial charge in [-0.1, -0.05) is 63.9 Å². The Hall–Kier alpha value is -2.71. The van der Waals surface area contributed by atoms with Crippen molar-refractivity contribution in [1.82, 2.24) is 10.2 Å². The molecule has 0 aliphatic rings. The van der Waals surface area contributed by atoms with Crippen LogP contribution in [0.25, 0.3) is 0 Å². The number of rotatable bonds is 16. The van der Waals surface area contributed by atoms with Crippen LogP contribution in [-0.2, 0) is 28.6 Å². The molecule has 0 bridgehead atoms. The average molecular weight is 530 g/mol. The third-order valence-corrected chi connectivity index (χ3v) is 8.23. The van der Waals surface area contributed by atoms with Gasteiger partial charge >= 0.3 is 0 Å². The van der Waals surface area contributed by atoms with Crippen molar-refractivity contribution in [3.8, 4) is 5.75 Å². The predicted molar refractivity (Wildman–Crippen MR) is 151 cm³/mol. The van der Waals surface area contributed by atoms with Crippen molar-refractivity contribution in [1.29, 1.82) is 0 Å². The Morgan fingerprint density at radius 2 is 1.70 bits per heavy atom. The fourth-order valence-electron chi connectivity index (χ4n) is 4.35. The summed E-state index contributed by atoms with van der Waals surface area (Å²) in [6.07, 6.45) is 4.93. The van der Waals surface area contributed by atoms with E-state index in [0.29, 0.717) is 26.1 Å². The van der Waals surface area contributed by atoms with E-state index in [1.165, 1.54) is 17.7 Å². The smallest absolute Gasteiger partial charge is 0.252 e. The number of nitrogens with one attached hydrogen (secondary N) is 1. The van der Waals surface area contributed by atoms with Crippen LogP contribution in [0.3, 0.4) is 0 Å². The molecule has 4 N–H and O–H groups in total. The van der Waals surface area contributed by atoms with Crippen molar-refractivity contribution < 1.29 is 18.9 Å². The second-order valence-corrected chi connectivity index (χ2v) is 11.2. The van der Waals surface area contributed by atoms with Gasteiger partial charge in [-0.05, 0) is 61.6 Å². The molecule has 2 aromatic carbocycles. The van der Waals surface area contributed by atoms with Crippen molar-refractivity contribution in [2.24, 2.45) is 5.73 Å². The Kier molecular flexibility index (Phi) is 13.4. The first-order valence-corrected chi connectivity index (χ1v) is 14.7. The average Bonchev–Trinajstić information content (AvgIpc) is 2.90. The van der Waals surface area contributed by atoms with E-state index in [9.17, 15) is 18.9 Å². The number of carbonyl (C=O) groups is 2. The first-order chi connectivity index (χ1) is 17.8. The van der Waals surface area contributed by atoms with Crippen LogP contribution in [0.15, 0.2) is 48.5 Å². The molecule has 0 radical (unpaired) electrons. The molecule has 0 saturated heterocycles. The van der Waals surface area contributed by atoms with E-state index in [2.05, 4.69) is 38.2 Å². The third kappa shape index (κ3) is 9.93. The van der Waals surface area contributed by atoms with Crippen LogP contribution in [0.1, 0.15) is 74.4 Å². The molecule has 2 rings (SSSR count). The van der Waals surface area contributed by atoms with E-state index in [4.69, 9.17) is 5.73 Å². The number of phenolic OH excluding ortho intramolecular Hbond substituents is 1. The van der Waals surface area contributed by atoms with Gasteiger partial charge in [0.05, 0.1) is 5.75 Å². The molecule has 2 atom stereocenters. The lowest BCUT2D eigenvalue weighted by Crippen LogP contribution is -2.52. The van der Waals surface area contributed by atoms with Gasteiger partial charge in [0.25, 0.3) is 5.91 Å². The number of nitrogens with zero attached hydrogens (tertiary/aromatic N) is 1. The maximum Gasteiger partial charge on any atom is 0.252 e. The summed E-state index contributed by atoms with van der Waals surface area (Å²) >= 11 is 0. The number of hydrogen-bond donors (Lipinski definition) is 3. The molecule has 0 heterocycles. The molecule has 0 fully saturated rings. The zero-order valence-corrected chi connectivity index (χ0v) is 23.3. The fourth-order valence-corrected chi connectivity index (χ4v) is 6.18. The first kappa shape index (κ1) is 30.5. The van der Waals surface area contributed by atoms with E-state index in [-0.39, 0.29) is 28.2 Å². The Balaban J connectivity index is 2.35. The van der Waals surface area contributed by atoms with E-state index in [0.717, 1.165) is 37.7 Å². The SMILES string of the molecule is CCCC(CCC)S(=O)CC(NC(=O)c1cccc(O)c1)C(=O)N(CCCN)Cc1cccc(CC)c1. The number of nitrogens with two attached hydrogens (primary N) is 1. The van der Waals surface area contributed by atoms with Gasteiger partial charge in [-0.2, -0.15) is 0 Å². The molecule has 204 valence electrons. The first-order valence-electron chi connectivity index (χ1n) is 13.4. The van der Waals surface area contributed by atoms with Gasteiger partial charge in [0.2, 0.25) is 5.91 Å². The van der Waals surface area contributed by atoms with E-state index < -0.39 is 22.7 Å². The quantitative estimate of drug-likeness (QED) is 0.302. The van der Waals surface area contributed by atoms with Gasteiger partial charge < -0.3 is 21.1 Å². The van der Waals surface area contributed by atoms with E-state index in [1.54, 1.807) is 17.0 Å². The monoisotopic (exact) mass is 529 g/mol. The second kappa shape index (κ2) is 16.2. The molecule has 7 nitrogen and oxygen atoms in total. The molecule has 0 aliphatic carbocycles. The van der Waals surface area contributed by atoms with Crippen LogP contribution < -0.4 is 11.1 Å². The Bertz CT molecular complexity index is 1020. The number of benzene rings is 2. The van der Waals surface area contributed by atoms with Gasteiger partial charge in [0, 0.05) is 34.7 Å². The van der Waals surface area contributed by atoms with Crippen LogP contribution in [0, 0.1) is 0 Å². The third-order valence-electron chi connectivity index (χ3n) is 6.35. The van der Waals surface area contributed by atoms with Gasteiger partial charge in [-0.15, -0.1) is 0 Å². The highest BCUT2D eigenvalue weighted by molar-refractivity contribution is 7.85. The van der Waals surface area contributed by atoms with Gasteiger partial charge in [0.15, 0.2) is 0 Å². The van der Waals surface area contributed by atoms with Crippen molar-refractivity contribution in [2.45, 2.75) is 77.1 Å². The number of phenols is 1. The predicted octanol–water partition coefficient (Wildman–Crippen LogP) is 4.15. The van der Waals surface area contributed by atoms with Crippen LogP contribution in [0.4, 0.5) is 0 Å². The molecular formula is C29H43N3O4S. The normalized spacial score (nSPS) is 12.8. The summed E-state index contributed by atoms with van der Waals surface area (Å²) < 4.78 is 13.4. The lowest BCUT2D eigenvalue weighted by Gasteiger charge is -2.29. The van der Waals surface area contributed by atoms with Crippen molar-refractivity contribution in [2.75, 3.05) is 18.8 Å². The van der Waals surface area contributed by atoms with E-state index >= 15 is 0 Å². The van der Waals surface area contributed by atoms with Crippen LogP contribution in [0.5, 0.6) is 5.75 Å². The van der Waals surface area contributed by atoms with Crippen molar-refractivity contribution in [3.05, 3.63) is 65.2 Å². The number of carbonyl (C=O) groups excluding carboxylic acids is 2. The molecule has 2 aromatic rings. The van der Waals surface area contributed by atoms with Crippen LogP contribution in [0.2, 0.25) is 0 Å². The molecule has 0 spiro atoms. The molecule has 8 heteroatoms. The van der Waals surface area contributed by atoms with Crippen LogP contribution >= 0.6 is 0 Å².